The first-order valence-corrected chi connectivity index (χ1v) is 5.57. The first-order chi connectivity index (χ1) is 7.08. The Labute approximate surface area is 95.5 Å². The van der Waals surface area contributed by atoms with Gasteiger partial charge >= 0.3 is 0 Å². The quantitative estimate of drug-likeness (QED) is 0.834. The fourth-order valence-corrected chi connectivity index (χ4v) is 2.49. The van der Waals surface area contributed by atoms with E-state index in [-0.39, 0.29) is 6.10 Å². The second-order valence-electron chi connectivity index (χ2n) is 4.51. The molecule has 0 fully saturated rings. The minimum Gasteiger partial charge on any atom is -0.388 e. The Morgan fingerprint density at radius 3 is 2.87 bits per heavy atom. The Morgan fingerprint density at radius 2 is 2.20 bits per heavy atom. The molecule has 0 saturated carbocycles. The summed E-state index contributed by atoms with van der Waals surface area (Å²) in [4.78, 5) is 2.11. The Bertz CT molecular complexity index is 365. The lowest BCUT2D eigenvalue weighted by atomic mass is 10.0. The maximum atomic E-state index is 10.1. The van der Waals surface area contributed by atoms with Crippen LogP contribution in [0.5, 0.6) is 0 Å². The molecule has 2 atom stereocenters. The minimum absolute atomic E-state index is 0.300. The molecule has 0 amide bonds. The SMILES string of the molecule is CN(C)CC1Cc2ccc(Cl)cc2C1O. The number of fused-ring (bicyclic) bond motifs is 1. The normalized spacial score (nSPS) is 24.6. The van der Waals surface area contributed by atoms with Gasteiger partial charge in [0.15, 0.2) is 0 Å². The molecular formula is C12H16ClNO. The average molecular weight is 226 g/mol. The number of benzene rings is 1. The lowest BCUT2D eigenvalue weighted by Crippen LogP contribution is -2.24. The molecule has 0 heterocycles. The lowest BCUT2D eigenvalue weighted by Gasteiger charge is -2.19. The monoisotopic (exact) mass is 225 g/mol. The Morgan fingerprint density at radius 1 is 1.47 bits per heavy atom. The predicted octanol–water partition coefficient (Wildman–Crippen LogP) is 2.11. The molecule has 0 radical (unpaired) electrons. The zero-order chi connectivity index (χ0) is 11.0. The van der Waals surface area contributed by atoms with Gasteiger partial charge in [-0.05, 0) is 43.8 Å². The molecule has 1 aromatic carbocycles. The highest BCUT2D eigenvalue weighted by molar-refractivity contribution is 6.30. The van der Waals surface area contributed by atoms with E-state index >= 15 is 0 Å². The largest absolute Gasteiger partial charge is 0.388 e. The molecule has 0 aromatic heterocycles. The maximum Gasteiger partial charge on any atom is 0.0836 e. The number of hydrogen-bond donors (Lipinski definition) is 1. The van der Waals surface area contributed by atoms with Gasteiger partial charge in [-0.1, -0.05) is 17.7 Å². The van der Waals surface area contributed by atoms with Crippen LogP contribution in [0.1, 0.15) is 17.2 Å². The Kier molecular flexibility index (Phi) is 3.01. The van der Waals surface area contributed by atoms with Crippen LogP contribution in [-0.4, -0.2) is 30.6 Å². The molecule has 1 aromatic rings. The van der Waals surface area contributed by atoms with Crippen molar-refractivity contribution in [2.75, 3.05) is 20.6 Å². The predicted molar refractivity (Wildman–Crippen MR) is 62.2 cm³/mol. The highest BCUT2D eigenvalue weighted by Gasteiger charge is 2.31. The fraction of sp³-hybridized carbons (Fsp3) is 0.500. The van der Waals surface area contributed by atoms with Crippen LogP contribution in [0.4, 0.5) is 0 Å². The number of halogens is 1. The van der Waals surface area contributed by atoms with E-state index in [1.807, 2.05) is 32.3 Å². The van der Waals surface area contributed by atoms with Crippen molar-refractivity contribution in [2.45, 2.75) is 12.5 Å². The standard InChI is InChI=1S/C12H16ClNO/c1-14(2)7-9-5-8-3-4-10(13)6-11(8)12(9)15/h3-4,6,9,12,15H,5,7H2,1-2H3. The molecule has 2 rings (SSSR count). The molecule has 1 N–H and O–H groups in total. The summed E-state index contributed by atoms with van der Waals surface area (Å²) < 4.78 is 0. The third-order valence-electron chi connectivity index (χ3n) is 2.95. The summed E-state index contributed by atoms with van der Waals surface area (Å²) in [5, 5.41) is 10.8. The van der Waals surface area contributed by atoms with Gasteiger partial charge in [0.05, 0.1) is 6.10 Å². The zero-order valence-corrected chi connectivity index (χ0v) is 9.83. The number of rotatable bonds is 2. The molecule has 15 heavy (non-hydrogen) atoms. The van der Waals surface area contributed by atoms with Crippen LogP contribution in [0.3, 0.4) is 0 Å². The van der Waals surface area contributed by atoms with Crippen molar-refractivity contribution in [1.29, 1.82) is 0 Å². The second kappa shape index (κ2) is 4.12. The van der Waals surface area contributed by atoms with Crippen LogP contribution >= 0.6 is 11.6 Å². The van der Waals surface area contributed by atoms with Gasteiger partial charge in [-0.2, -0.15) is 0 Å². The van der Waals surface area contributed by atoms with Gasteiger partial charge < -0.3 is 10.0 Å². The van der Waals surface area contributed by atoms with Gasteiger partial charge in [0.1, 0.15) is 0 Å². The molecular weight excluding hydrogens is 210 g/mol. The summed E-state index contributed by atoms with van der Waals surface area (Å²) in [5.74, 6) is 0.300. The van der Waals surface area contributed by atoms with E-state index in [4.69, 9.17) is 11.6 Å². The smallest absolute Gasteiger partial charge is 0.0836 e. The third kappa shape index (κ3) is 2.17. The van der Waals surface area contributed by atoms with E-state index in [1.54, 1.807) is 0 Å². The number of aliphatic hydroxyl groups excluding tert-OH is 1. The fourth-order valence-electron chi connectivity index (χ4n) is 2.31. The first kappa shape index (κ1) is 10.9. The van der Waals surface area contributed by atoms with Crippen molar-refractivity contribution in [3.63, 3.8) is 0 Å². The van der Waals surface area contributed by atoms with Crippen LogP contribution in [0.2, 0.25) is 5.02 Å². The van der Waals surface area contributed by atoms with Gasteiger partial charge in [0.2, 0.25) is 0 Å². The molecule has 2 unspecified atom stereocenters. The molecule has 1 aliphatic carbocycles. The molecule has 3 heteroatoms. The third-order valence-corrected chi connectivity index (χ3v) is 3.19. The van der Waals surface area contributed by atoms with Crippen molar-refractivity contribution in [2.24, 2.45) is 5.92 Å². The maximum absolute atomic E-state index is 10.1. The second-order valence-corrected chi connectivity index (χ2v) is 4.95. The summed E-state index contributed by atoms with van der Waals surface area (Å²) in [7, 11) is 4.06. The van der Waals surface area contributed by atoms with E-state index in [0.29, 0.717) is 10.9 Å². The van der Waals surface area contributed by atoms with Gasteiger partial charge in [-0.15, -0.1) is 0 Å². The average Bonchev–Trinajstić information content (AvgIpc) is 2.44. The first-order valence-electron chi connectivity index (χ1n) is 5.19. The van der Waals surface area contributed by atoms with Crippen LogP contribution in [0.25, 0.3) is 0 Å². The van der Waals surface area contributed by atoms with Crippen LogP contribution in [0, 0.1) is 5.92 Å². The van der Waals surface area contributed by atoms with E-state index in [1.165, 1.54) is 5.56 Å². The highest BCUT2D eigenvalue weighted by atomic mass is 35.5. The summed E-state index contributed by atoms with van der Waals surface area (Å²) in [6, 6.07) is 5.80. The van der Waals surface area contributed by atoms with Gasteiger partial charge in [0, 0.05) is 17.5 Å². The number of aliphatic hydroxyl groups is 1. The van der Waals surface area contributed by atoms with Gasteiger partial charge in [-0.3, -0.25) is 0 Å². The van der Waals surface area contributed by atoms with E-state index in [0.717, 1.165) is 18.5 Å². The van der Waals surface area contributed by atoms with Crippen molar-refractivity contribution >= 4 is 11.6 Å². The number of hydrogen-bond acceptors (Lipinski definition) is 2. The van der Waals surface area contributed by atoms with Crippen LogP contribution in [-0.2, 0) is 6.42 Å². The highest BCUT2D eigenvalue weighted by Crippen LogP contribution is 2.37. The lowest BCUT2D eigenvalue weighted by molar-refractivity contribution is 0.105. The Hall–Kier alpha value is -0.570. The molecule has 0 saturated heterocycles. The molecule has 82 valence electrons. The topological polar surface area (TPSA) is 23.5 Å². The van der Waals surface area contributed by atoms with E-state index in [2.05, 4.69) is 4.90 Å². The van der Waals surface area contributed by atoms with E-state index < -0.39 is 0 Å². The van der Waals surface area contributed by atoms with Gasteiger partial charge in [-0.25, -0.2) is 0 Å². The zero-order valence-electron chi connectivity index (χ0n) is 9.07. The van der Waals surface area contributed by atoms with Crippen LogP contribution < -0.4 is 0 Å². The molecule has 0 bridgehead atoms. The summed E-state index contributed by atoms with van der Waals surface area (Å²) >= 11 is 5.92. The summed E-state index contributed by atoms with van der Waals surface area (Å²) in [6.45, 7) is 0.910. The minimum atomic E-state index is -0.360. The molecule has 2 nitrogen and oxygen atoms in total. The van der Waals surface area contributed by atoms with Crippen LogP contribution in [0.15, 0.2) is 18.2 Å². The van der Waals surface area contributed by atoms with Gasteiger partial charge in [0.25, 0.3) is 0 Å². The Balaban J connectivity index is 2.22. The summed E-state index contributed by atoms with van der Waals surface area (Å²) in [5.41, 5.74) is 2.24. The van der Waals surface area contributed by atoms with Crippen molar-refractivity contribution in [3.05, 3.63) is 34.3 Å². The van der Waals surface area contributed by atoms with Crippen molar-refractivity contribution in [3.8, 4) is 0 Å². The van der Waals surface area contributed by atoms with Crippen molar-refractivity contribution in [1.82, 2.24) is 4.90 Å². The number of nitrogens with zero attached hydrogens (tertiary/aromatic N) is 1. The van der Waals surface area contributed by atoms with E-state index in [9.17, 15) is 5.11 Å². The summed E-state index contributed by atoms with van der Waals surface area (Å²) in [6.07, 6.45) is 0.590. The van der Waals surface area contributed by atoms with Crippen molar-refractivity contribution < 1.29 is 5.11 Å². The molecule has 1 aliphatic rings. The molecule has 0 spiro atoms. The molecule has 0 aliphatic heterocycles.